The number of nitriles is 1. The van der Waals surface area contributed by atoms with Crippen LogP contribution in [-0.2, 0) is 6.54 Å². The average Bonchev–Trinajstić information content (AvgIpc) is 3.04. The summed E-state index contributed by atoms with van der Waals surface area (Å²) in [7, 11) is 0. The first-order valence-corrected chi connectivity index (χ1v) is 8.06. The second kappa shape index (κ2) is 5.97. The van der Waals surface area contributed by atoms with Crippen LogP contribution >= 0.6 is 0 Å². The van der Waals surface area contributed by atoms with Gasteiger partial charge in [-0.15, -0.1) is 0 Å². The van der Waals surface area contributed by atoms with Crippen LogP contribution < -0.4 is 5.56 Å². The van der Waals surface area contributed by atoms with E-state index >= 15 is 0 Å². The van der Waals surface area contributed by atoms with Gasteiger partial charge in [0.15, 0.2) is 0 Å². The van der Waals surface area contributed by atoms with E-state index < -0.39 is 5.97 Å². The van der Waals surface area contributed by atoms with Gasteiger partial charge in [-0.1, -0.05) is 12.1 Å². The maximum absolute atomic E-state index is 12.7. The third-order valence-electron chi connectivity index (χ3n) is 4.45. The second-order valence-corrected chi connectivity index (χ2v) is 6.09. The molecule has 0 aliphatic carbocycles. The fraction of sp³-hybridized carbons (Fsp3) is 0.100. The van der Waals surface area contributed by atoms with Crippen molar-refractivity contribution >= 4 is 28.5 Å². The molecule has 0 amide bonds. The quantitative estimate of drug-likeness (QED) is 0.772. The monoisotopic (exact) mass is 343 g/mol. The number of hydrogen-bond acceptors (Lipinski definition) is 4. The van der Waals surface area contributed by atoms with Gasteiger partial charge in [-0.05, 0) is 54.0 Å². The van der Waals surface area contributed by atoms with Crippen molar-refractivity contribution in [2.45, 2.75) is 13.0 Å². The summed E-state index contributed by atoms with van der Waals surface area (Å²) in [6.45, 7) is 0.529. The number of aromatic nitrogens is 2. The lowest BCUT2D eigenvalue weighted by Crippen LogP contribution is -2.21. The Morgan fingerprint density at radius 2 is 2.12 bits per heavy atom. The molecule has 126 valence electrons. The summed E-state index contributed by atoms with van der Waals surface area (Å²) in [5.74, 6) is -0.509. The van der Waals surface area contributed by atoms with Crippen molar-refractivity contribution in [3.05, 3.63) is 75.3 Å². The van der Waals surface area contributed by atoms with E-state index in [0.29, 0.717) is 35.3 Å². The number of carboxylic acids is 1. The van der Waals surface area contributed by atoms with Crippen LogP contribution in [0.1, 0.15) is 33.7 Å². The molecule has 0 fully saturated rings. The Labute approximate surface area is 148 Å². The fourth-order valence-corrected chi connectivity index (χ4v) is 3.19. The van der Waals surface area contributed by atoms with E-state index in [1.807, 2.05) is 12.1 Å². The molecular weight excluding hydrogens is 330 g/mol. The number of carbonyl (C=O) groups is 1. The molecule has 1 N–H and O–H groups in total. The zero-order valence-electron chi connectivity index (χ0n) is 13.6. The van der Waals surface area contributed by atoms with Crippen LogP contribution in [0.25, 0.3) is 22.6 Å². The molecule has 0 bridgehead atoms. The Morgan fingerprint density at radius 1 is 1.27 bits per heavy atom. The van der Waals surface area contributed by atoms with Gasteiger partial charge in [0, 0.05) is 6.54 Å². The zero-order chi connectivity index (χ0) is 18.3. The van der Waals surface area contributed by atoms with Gasteiger partial charge in [0.2, 0.25) is 0 Å². The highest BCUT2D eigenvalue weighted by molar-refractivity contribution is 5.93. The fourth-order valence-electron chi connectivity index (χ4n) is 3.19. The van der Waals surface area contributed by atoms with Crippen LogP contribution in [0.15, 0.2) is 47.3 Å². The SMILES string of the molecule is N#Cc1cccc(/C=C2/CCn3c2nc2cc(C(=O)O)ccc2c3=O)c1. The number of rotatable bonds is 2. The maximum atomic E-state index is 12.7. The van der Waals surface area contributed by atoms with E-state index in [1.165, 1.54) is 18.2 Å². The molecule has 0 saturated carbocycles. The molecule has 1 aromatic heterocycles. The number of benzene rings is 2. The molecule has 4 rings (SSSR count). The third-order valence-corrected chi connectivity index (χ3v) is 4.45. The molecule has 0 radical (unpaired) electrons. The highest BCUT2D eigenvalue weighted by Crippen LogP contribution is 2.27. The highest BCUT2D eigenvalue weighted by Gasteiger charge is 2.21. The van der Waals surface area contributed by atoms with Crippen molar-refractivity contribution in [1.29, 1.82) is 5.26 Å². The van der Waals surface area contributed by atoms with Gasteiger partial charge >= 0.3 is 5.97 Å². The first-order valence-electron chi connectivity index (χ1n) is 8.06. The van der Waals surface area contributed by atoms with Crippen LogP contribution in [0.5, 0.6) is 0 Å². The van der Waals surface area contributed by atoms with Gasteiger partial charge in [-0.25, -0.2) is 9.78 Å². The summed E-state index contributed by atoms with van der Waals surface area (Å²) in [6, 6.07) is 13.7. The molecule has 0 saturated heterocycles. The molecule has 0 unspecified atom stereocenters. The maximum Gasteiger partial charge on any atom is 0.335 e. The van der Waals surface area contributed by atoms with Crippen LogP contribution in [-0.4, -0.2) is 20.6 Å². The standard InChI is InChI=1S/C20H13N3O3/c21-11-13-3-1-2-12(8-13)9-14-6-7-23-18(14)22-17-10-15(20(25)26)4-5-16(17)19(23)24/h1-5,8-10H,6-7H2,(H,25,26)/b14-9-. The van der Waals surface area contributed by atoms with Crippen molar-refractivity contribution in [2.75, 3.05) is 0 Å². The number of aromatic carboxylic acids is 1. The Kier molecular flexibility index (Phi) is 3.63. The molecule has 6 nitrogen and oxygen atoms in total. The zero-order valence-corrected chi connectivity index (χ0v) is 13.6. The topological polar surface area (TPSA) is 96.0 Å². The Morgan fingerprint density at radius 3 is 2.88 bits per heavy atom. The van der Waals surface area contributed by atoms with Gasteiger partial charge in [0.25, 0.3) is 5.56 Å². The summed E-state index contributed by atoms with van der Waals surface area (Å²) >= 11 is 0. The van der Waals surface area contributed by atoms with Crippen LogP contribution in [0.2, 0.25) is 0 Å². The van der Waals surface area contributed by atoms with E-state index in [1.54, 1.807) is 22.8 Å². The number of hydrogen-bond donors (Lipinski definition) is 1. The molecule has 3 aromatic rings. The molecule has 0 spiro atoms. The van der Waals surface area contributed by atoms with E-state index in [-0.39, 0.29) is 11.1 Å². The van der Waals surface area contributed by atoms with E-state index in [0.717, 1.165) is 11.1 Å². The molecule has 1 aliphatic heterocycles. The Balaban J connectivity index is 1.89. The number of carboxylic acid groups (broad SMARTS) is 1. The van der Waals surface area contributed by atoms with E-state index in [2.05, 4.69) is 11.1 Å². The summed E-state index contributed by atoms with van der Waals surface area (Å²) in [5.41, 5.74) is 2.61. The lowest BCUT2D eigenvalue weighted by atomic mass is 10.1. The number of fused-ring (bicyclic) bond motifs is 2. The largest absolute Gasteiger partial charge is 0.478 e. The summed E-state index contributed by atoms with van der Waals surface area (Å²) in [6.07, 6.45) is 2.57. The second-order valence-electron chi connectivity index (χ2n) is 6.09. The van der Waals surface area contributed by atoms with Crippen molar-refractivity contribution in [3.63, 3.8) is 0 Å². The van der Waals surface area contributed by atoms with Crippen LogP contribution in [0.4, 0.5) is 0 Å². The van der Waals surface area contributed by atoms with Crippen LogP contribution in [0.3, 0.4) is 0 Å². The molecule has 1 aliphatic rings. The first kappa shape index (κ1) is 15.8. The minimum Gasteiger partial charge on any atom is -0.478 e. The lowest BCUT2D eigenvalue weighted by molar-refractivity contribution is 0.0697. The van der Waals surface area contributed by atoms with Crippen molar-refractivity contribution < 1.29 is 9.90 Å². The molecule has 2 heterocycles. The van der Waals surface area contributed by atoms with Crippen molar-refractivity contribution in [1.82, 2.24) is 9.55 Å². The van der Waals surface area contributed by atoms with E-state index in [9.17, 15) is 9.59 Å². The van der Waals surface area contributed by atoms with Crippen molar-refractivity contribution in [2.24, 2.45) is 0 Å². The molecule has 0 atom stereocenters. The van der Waals surface area contributed by atoms with Gasteiger partial charge in [0.05, 0.1) is 28.1 Å². The minimum absolute atomic E-state index is 0.0968. The van der Waals surface area contributed by atoms with Gasteiger partial charge in [-0.2, -0.15) is 5.26 Å². The normalized spacial score (nSPS) is 14.3. The molecule has 2 aromatic carbocycles. The summed E-state index contributed by atoms with van der Waals surface area (Å²) in [4.78, 5) is 28.4. The average molecular weight is 343 g/mol. The molecule has 6 heteroatoms. The lowest BCUT2D eigenvalue weighted by Gasteiger charge is -2.06. The van der Waals surface area contributed by atoms with Gasteiger partial charge in [0.1, 0.15) is 5.82 Å². The highest BCUT2D eigenvalue weighted by atomic mass is 16.4. The van der Waals surface area contributed by atoms with Crippen LogP contribution in [0, 0.1) is 11.3 Å². The molecular formula is C20H13N3O3. The summed E-state index contributed by atoms with van der Waals surface area (Å²) in [5, 5.41) is 18.6. The van der Waals surface area contributed by atoms with E-state index in [4.69, 9.17) is 10.4 Å². The molecule has 26 heavy (non-hydrogen) atoms. The number of allylic oxidation sites excluding steroid dienone is 1. The predicted molar refractivity (Wildman–Crippen MR) is 96.6 cm³/mol. The third kappa shape index (κ3) is 2.56. The summed E-state index contributed by atoms with van der Waals surface area (Å²) < 4.78 is 1.61. The predicted octanol–water partition coefficient (Wildman–Crippen LogP) is 2.91. The van der Waals surface area contributed by atoms with Gasteiger partial charge in [-0.3, -0.25) is 9.36 Å². The smallest absolute Gasteiger partial charge is 0.335 e. The Hall–Kier alpha value is -3.72. The van der Waals surface area contributed by atoms with Gasteiger partial charge < -0.3 is 5.11 Å². The Bertz CT molecular complexity index is 1200. The first-order chi connectivity index (χ1) is 12.6. The number of nitrogens with zero attached hydrogens (tertiary/aromatic N) is 3. The minimum atomic E-state index is -1.06. The van der Waals surface area contributed by atoms with Crippen molar-refractivity contribution in [3.8, 4) is 6.07 Å².